The summed E-state index contributed by atoms with van der Waals surface area (Å²) in [5.74, 6) is -0.521. The molecule has 1 aliphatic rings. The van der Waals surface area contributed by atoms with Crippen molar-refractivity contribution in [1.29, 1.82) is 0 Å². The van der Waals surface area contributed by atoms with Crippen molar-refractivity contribution < 1.29 is 18.7 Å². The van der Waals surface area contributed by atoms with Crippen LogP contribution in [-0.2, 0) is 9.53 Å². The number of nitrogens with zero attached hydrogens (tertiary/aromatic N) is 2. The minimum atomic E-state index is -0.991. The number of amides is 1. The Hall–Kier alpha value is -3.48. The smallest absolute Gasteiger partial charge is 0.339 e. The highest BCUT2D eigenvalue weighted by atomic mass is 16.5. The average molecular weight is 363 g/mol. The summed E-state index contributed by atoms with van der Waals surface area (Å²) in [5.41, 5.74) is 1.65. The molecule has 1 aromatic heterocycles. The lowest BCUT2D eigenvalue weighted by Gasteiger charge is -2.18. The maximum atomic E-state index is 12.6. The van der Waals surface area contributed by atoms with Crippen LogP contribution in [0.15, 0.2) is 65.4 Å². The number of benzene rings is 2. The zero-order valence-corrected chi connectivity index (χ0v) is 14.4. The quantitative estimate of drug-likeness (QED) is 0.677. The molecular formula is C20H17N3O4. The number of hydrogen-bond donors (Lipinski definition) is 1. The molecule has 0 saturated heterocycles. The Bertz CT molecular complexity index is 920. The van der Waals surface area contributed by atoms with Crippen molar-refractivity contribution in [3.63, 3.8) is 0 Å². The monoisotopic (exact) mass is 363 g/mol. The lowest BCUT2D eigenvalue weighted by molar-refractivity contribution is -0.130. The van der Waals surface area contributed by atoms with Crippen LogP contribution in [0.4, 0.5) is 0 Å². The molecule has 0 radical (unpaired) electrons. The second kappa shape index (κ2) is 7.41. The molecule has 1 N–H and O–H groups in total. The summed E-state index contributed by atoms with van der Waals surface area (Å²) in [5, 5.41) is 10.3. The third-order valence-corrected chi connectivity index (χ3v) is 4.22. The van der Waals surface area contributed by atoms with Crippen LogP contribution in [0.3, 0.4) is 0 Å². The van der Waals surface area contributed by atoms with Gasteiger partial charge in [-0.15, -0.1) is 10.2 Å². The summed E-state index contributed by atoms with van der Waals surface area (Å²) in [6.07, 6.45) is 2.16. The number of hydrogen-bond acceptors (Lipinski definition) is 6. The van der Waals surface area contributed by atoms with Gasteiger partial charge in [-0.3, -0.25) is 4.79 Å². The van der Waals surface area contributed by atoms with E-state index in [1.54, 1.807) is 48.5 Å². The fraction of sp³-hybridized carbons (Fsp3) is 0.200. The van der Waals surface area contributed by atoms with Gasteiger partial charge < -0.3 is 14.5 Å². The molecule has 4 rings (SSSR count). The predicted octanol–water partition coefficient (Wildman–Crippen LogP) is 2.91. The fourth-order valence-electron chi connectivity index (χ4n) is 2.63. The molecule has 0 unspecified atom stereocenters. The van der Waals surface area contributed by atoms with Crippen molar-refractivity contribution in [2.45, 2.75) is 25.0 Å². The largest absolute Gasteiger partial charge is 0.444 e. The molecule has 1 atom stereocenters. The molecule has 1 amide bonds. The fourth-order valence-corrected chi connectivity index (χ4v) is 2.63. The average Bonchev–Trinajstić information content (AvgIpc) is 3.35. The van der Waals surface area contributed by atoms with E-state index in [1.807, 2.05) is 6.07 Å². The van der Waals surface area contributed by atoms with Gasteiger partial charge in [0.1, 0.15) is 0 Å². The van der Waals surface area contributed by atoms with Crippen LogP contribution >= 0.6 is 0 Å². The molecule has 1 heterocycles. The van der Waals surface area contributed by atoms with E-state index in [4.69, 9.17) is 9.15 Å². The van der Waals surface area contributed by atoms with Gasteiger partial charge >= 0.3 is 5.97 Å². The molecule has 1 fully saturated rings. The van der Waals surface area contributed by atoms with Crippen molar-refractivity contribution >= 4 is 11.9 Å². The Morgan fingerprint density at radius 2 is 1.81 bits per heavy atom. The van der Waals surface area contributed by atoms with Crippen molar-refractivity contribution in [3.8, 4) is 11.5 Å². The van der Waals surface area contributed by atoms with E-state index in [0.29, 0.717) is 22.6 Å². The number of rotatable bonds is 6. The second-order valence-electron chi connectivity index (χ2n) is 6.30. The number of ether oxygens (including phenoxy) is 1. The first-order chi connectivity index (χ1) is 13.2. The van der Waals surface area contributed by atoms with Gasteiger partial charge in [-0.05, 0) is 37.1 Å². The molecule has 136 valence electrons. The van der Waals surface area contributed by atoms with E-state index in [9.17, 15) is 9.59 Å². The first-order valence-electron chi connectivity index (χ1n) is 8.63. The molecule has 0 bridgehead atoms. The van der Waals surface area contributed by atoms with Gasteiger partial charge in [0.05, 0.1) is 5.56 Å². The van der Waals surface area contributed by atoms with Crippen LogP contribution in [0, 0.1) is 0 Å². The van der Waals surface area contributed by atoms with Crippen LogP contribution in [0.5, 0.6) is 0 Å². The normalized spacial score (nSPS) is 14.4. The lowest BCUT2D eigenvalue weighted by atomic mass is 10.1. The molecule has 0 spiro atoms. The van der Waals surface area contributed by atoms with Crippen molar-refractivity contribution in [3.05, 3.63) is 72.1 Å². The van der Waals surface area contributed by atoms with E-state index in [0.717, 1.165) is 12.8 Å². The van der Waals surface area contributed by atoms with E-state index >= 15 is 0 Å². The van der Waals surface area contributed by atoms with Gasteiger partial charge in [-0.1, -0.05) is 30.3 Å². The van der Waals surface area contributed by atoms with E-state index in [2.05, 4.69) is 15.5 Å². The Balaban J connectivity index is 1.51. The topological polar surface area (TPSA) is 94.3 Å². The first-order valence-corrected chi connectivity index (χ1v) is 8.63. The highest BCUT2D eigenvalue weighted by Crippen LogP contribution is 2.24. The Labute approximate surface area is 155 Å². The second-order valence-corrected chi connectivity index (χ2v) is 6.30. The number of aromatic nitrogens is 2. The van der Waals surface area contributed by atoms with Gasteiger partial charge in [0.25, 0.3) is 5.91 Å². The van der Waals surface area contributed by atoms with Crippen LogP contribution < -0.4 is 5.32 Å². The maximum absolute atomic E-state index is 12.6. The highest BCUT2D eigenvalue weighted by molar-refractivity contribution is 5.93. The van der Waals surface area contributed by atoms with Crippen LogP contribution in [-0.4, -0.2) is 28.1 Å². The number of nitrogens with one attached hydrogen (secondary N) is 1. The number of esters is 1. The van der Waals surface area contributed by atoms with Crippen LogP contribution in [0.2, 0.25) is 0 Å². The Morgan fingerprint density at radius 1 is 1.07 bits per heavy atom. The van der Waals surface area contributed by atoms with E-state index in [-0.39, 0.29) is 11.9 Å². The van der Waals surface area contributed by atoms with Gasteiger partial charge in [-0.2, -0.15) is 0 Å². The Kier molecular flexibility index (Phi) is 4.65. The standard InChI is InChI=1S/C20H17N3O4/c24-18(22-16-10-11-16)17(13-4-2-1-3-5-13)27-20(25)15-8-6-14(7-9-15)19-23-21-12-26-19/h1-9,12,16-17H,10-11H2,(H,22,24)/t17-/m1/s1. The Morgan fingerprint density at radius 3 is 2.44 bits per heavy atom. The summed E-state index contributed by atoms with van der Waals surface area (Å²) in [4.78, 5) is 25.1. The minimum absolute atomic E-state index is 0.177. The summed E-state index contributed by atoms with van der Waals surface area (Å²) in [6, 6.07) is 15.7. The number of carbonyl (C=O) groups is 2. The van der Waals surface area contributed by atoms with Gasteiger partial charge in [-0.25, -0.2) is 4.79 Å². The molecule has 1 saturated carbocycles. The van der Waals surface area contributed by atoms with Gasteiger partial charge in [0.15, 0.2) is 0 Å². The molecule has 7 heteroatoms. The SMILES string of the molecule is O=C(O[C@@H](C(=O)NC1CC1)c1ccccc1)c1ccc(-c2nnco2)cc1. The number of carbonyl (C=O) groups excluding carboxylic acids is 2. The summed E-state index contributed by atoms with van der Waals surface area (Å²) >= 11 is 0. The van der Waals surface area contributed by atoms with Crippen LogP contribution in [0.25, 0.3) is 11.5 Å². The molecule has 2 aromatic carbocycles. The molecule has 1 aliphatic carbocycles. The maximum Gasteiger partial charge on any atom is 0.339 e. The lowest BCUT2D eigenvalue weighted by Crippen LogP contribution is -2.33. The minimum Gasteiger partial charge on any atom is -0.444 e. The van der Waals surface area contributed by atoms with Gasteiger partial charge in [0.2, 0.25) is 18.4 Å². The molecule has 0 aliphatic heterocycles. The third-order valence-electron chi connectivity index (χ3n) is 4.22. The molecule has 27 heavy (non-hydrogen) atoms. The van der Waals surface area contributed by atoms with Crippen LogP contribution in [0.1, 0.15) is 34.9 Å². The summed E-state index contributed by atoms with van der Waals surface area (Å²) in [7, 11) is 0. The zero-order valence-electron chi connectivity index (χ0n) is 14.4. The van der Waals surface area contributed by atoms with E-state index in [1.165, 1.54) is 6.39 Å². The third kappa shape index (κ3) is 4.03. The van der Waals surface area contributed by atoms with Crippen molar-refractivity contribution in [2.24, 2.45) is 0 Å². The summed E-state index contributed by atoms with van der Waals surface area (Å²) < 4.78 is 10.7. The highest BCUT2D eigenvalue weighted by Gasteiger charge is 2.31. The first kappa shape index (κ1) is 17.0. The predicted molar refractivity (Wildman–Crippen MR) is 95.5 cm³/mol. The van der Waals surface area contributed by atoms with Crippen molar-refractivity contribution in [1.82, 2.24) is 15.5 Å². The van der Waals surface area contributed by atoms with E-state index < -0.39 is 12.1 Å². The summed E-state index contributed by atoms with van der Waals surface area (Å²) in [6.45, 7) is 0. The molecule has 3 aromatic rings. The zero-order chi connectivity index (χ0) is 18.6. The van der Waals surface area contributed by atoms with Gasteiger partial charge in [0, 0.05) is 17.2 Å². The van der Waals surface area contributed by atoms with Crippen molar-refractivity contribution in [2.75, 3.05) is 0 Å². The molecule has 7 nitrogen and oxygen atoms in total. The molecular weight excluding hydrogens is 346 g/mol.